The molecule has 2 rings (SSSR count). The number of pyridine rings is 1. The largest absolute Gasteiger partial charge is 0.488 e. The average molecular weight is 307 g/mol. The number of ether oxygens (including phenoxy) is 2. The van der Waals surface area contributed by atoms with Gasteiger partial charge in [-0.05, 0) is 37.6 Å². The van der Waals surface area contributed by atoms with Gasteiger partial charge in [0.15, 0.2) is 0 Å². The van der Waals surface area contributed by atoms with Gasteiger partial charge in [-0.3, -0.25) is 0 Å². The molecular formula is C16H19ClN2O2. The van der Waals surface area contributed by atoms with Gasteiger partial charge in [-0.1, -0.05) is 17.7 Å². The number of nitrogens with two attached hydrogens (primary N) is 1. The van der Waals surface area contributed by atoms with Crippen LogP contribution in [0.15, 0.2) is 36.5 Å². The van der Waals surface area contributed by atoms with E-state index in [-0.39, 0.29) is 6.04 Å². The molecule has 0 spiro atoms. The van der Waals surface area contributed by atoms with E-state index < -0.39 is 0 Å². The Hall–Kier alpha value is -1.78. The quantitative estimate of drug-likeness (QED) is 0.890. The molecule has 112 valence electrons. The lowest BCUT2D eigenvalue weighted by molar-refractivity contribution is 0.290. The highest BCUT2D eigenvalue weighted by Crippen LogP contribution is 2.28. The minimum absolute atomic E-state index is 0.0141. The van der Waals surface area contributed by atoms with Crippen LogP contribution in [0.25, 0.3) is 0 Å². The van der Waals surface area contributed by atoms with Gasteiger partial charge >= 0.3 is 0 Å². The Morgan fingerprint density at radius 1 is 1.29 bits per heavy atom. The van der Waals surface area contributed by atoms with E-state index >= 15 is 0 Å². The van der Waals surface area contributed by atoms with Gasteiger partial charge in [0, 0.05) is 22.8 Å². The molecule has 0 saturated heterocycles. The van der Waals surface area contributed by atoms with Crippen molar-refractivity contribution in [3.63, 3.8) is 0 Å². The van der Waals surface area contributed by atoms with Crippen molar-refractivity contribution in [1.29, 1.82) is 0 Å². The van der Waals surface area contributed by atoms with E-state index in [1.165, 1.54) is 0 Å². The zero-order chi connectivity index (χ0) is 15.2. The highest BCUT2D eigenvalue weighted by Gasteiger charge is 2.11. The van der Waals surface area contributed by atoms with E-state index in [0.29, 0.717) is 23.9 Å². The molecule has 1 unspecified atom stereocenters. The van der Waals surface area contributed by atoms with Gasteiger partial charge in [-0.2, -0.15) is 0 Å². The minimum Gasteiger partial charge on any atom is -0.488 e. The van der Waals surface area contributed by atoms with Gasteiger partial charge in [-0.15, -0.1) is 0 Å². The van der Waals surface area contributed by atoms with Crippen molar-refractivity contribution in [2.75, 3.05) is 7.11 Å². The third-order valence-corrected chi connectivity index (χ3v) is 3.38. The number of halogens is 1. The van der Waals surface area contributed by atoms with Crippen LogP contribution in [0.3, 0.4) is 0 Å². The minimum atomic E-state index is 0.0141. The first kappa shape index (κ1) is 15.6. The molecule has 2 aromatic rings. The van der Waals surface area contributed by atoms with Gasteiger partial charge < -0.3 is 15.2 Å². The number of nitrogens with zero attached hydrogens (tertiary/aromatic N) is 1. The van der Waals surface area contributed by atoms with Crippen molar-refractivity contribution in [1.82, 2.24) is 4.98 Å². The summed E-state index contributed by atoms with van der Waals surface area (Å²) in [6, 6.07) is 9.38. The second kappa shape index (κ2) is 7.29. The first-order valence-electron chi connectivity index (χ1n) is 6.75. The molecule has 0 bridgehead atoms. The van der Waals surface area contributed by atoms with E-state index in [2.05, 4.69) is 4.98 Å². The standard InChI is InChI=1S/C16H19ClN2O2/c1-11(18)9-13-14(17)6-3-7-15(13)21-10-12-5-4-8-19-16(12)20-2/h3-8,11H,9-10,18H2,1-2H3. The maximum absolute atomic E-state index is 6.24. The summed E-state index contributed by atoms with van der Waals surface area (Å²) in [5.41, 5.74) is 7.68. The molecule has 0 aliphatic rings. The van der Waals surface area contributed by atoms with Crippen LogP contribution in [-0.2, 0) is 13.0 Å². The van der Waals surface area contributed by atoms with Crippen LogP contribution in [0.5, 0.6) is 11.6 Å². The molecule has 1 aromatic heterocycles. The molecule has 4 nitrogen and oxygen atoms in total. The zero-order valence-electron chi connectivity index (χ0n) is 12.2. The van der Waals surface area contributed by atoms with Crippen LogP contribution < -0.4 is 15.2 Å². The maximum atomic E-state index is 6.24. The fraction of sp³-hybridized carbons (Fsp3) is 0.312. The second-order valence-corrected chi connectivity index (χ2v) is 5.27. The monoisotopic (exact) mass is 306 g/mol. The Morgan fingerprint density at radius 3 is 2.81 bits per heavy atom. The van der Waals surface area contributed by atoms with Gasteiger partial charge in [0.05, 0.1) is 12.7 Å². The summed E-state index contributed by atoms with van der Waals surface area (Å²) < 4.78 is 11.1. The number of hydrogen-bond acceptors (Lipinski definition) is 4. The Kier molecular flexibility index (Phi) is 5.42. The van der Waals surface area contributed by atoms with Crippen molar-refractivity contribution in [3.05, 3.63) is 52.7 Å². The molecule has 1 heterocycles. The van der Waals surface area contributed by atoms with Crippen molar-refractivity contribution >= 4 is 11.6 Å². The summed E-state index contributed by atoms with van der Waals surface area (Å²) in [6.07, 6.45) is 2.35. The molecule has 5 heteroatoms. The number of methoxy groups -OCH3 is 1. The summed E-state index contributed by atoms with van der Waals surface area (Å²) in [4.78, 5) is 4.15. The van der Waals surface area contributed by atoms with Gasteiger partial charge in [-0.25, -0.2) is 4.98 Å². The lowest BCUT2D eigenvalue weighted by atomic mass is 10.1. The van der Waals surface area contributed by atoms with Crippen LogP contribution in [0.4, 0.5) is 0 Å². The number of benzene rings is 1. The summed E-state index contributed by atoms with van der Waals surface area (Å²) in [5, 5.41) is 0.669. The lowest BCUT2D eigenvalue weighted by Crippen LogP contribution is -2.18. The third kappa shape index (κ3) is 4.09. The molecule has 21 heavy (non-hydrogen) atoms. The molecule has 0 fully saturated rings. The lowest BCUT2D eigenvalue weighted by Gasteiger charge is -2.15. The van der Waals surface area contributed by atoms with E-state index in [1.54, 1.807) is 13.3 Å². The van der Waals surface area contributed by atoms with E-state index in [1.807, 2.05) is 37.3 Å². The molecule has 1 atom stereocenters. The van der Waals surface area contributed by atoms with Crippen LogP contribution >= 0.6 is 11.6 Å². The van der Waals surface area contributed by atoms with Gasteiger partial charge in [0.25, 0.3) is 0 Å². The highest BCUT2D eigenvalue weighted by atomic mass is 35.5. The van der Waals surface area contributed by atoms with E-state index in [0.717, 1.165) is 16.9 Å². The Balaban J connectivity index is 2.18. The predicted octanol–water partition coefficient (Wildman–Crippen LogP) is 3.21. The fourth-order valence-corrected chi connectivity index (χ4v) is 2.31. The molecule has 0 saturated carbocycles. The molecule has 2 N–H and O–H groups in total. The highest BCUT2D eigenvalue weighted by molar-refractivity contribution is 6.31. The zero-order valence-corrected chi connectivity index (χ0v) is 12.9. The van der Waals surface area contributed by atoms with Crippen molar-refractivity contribution < 1.29 is 9.47 Å². The smallest absolute Gasteiger partial charge is 0.219 e. The average Bonchev–Trinajstić information content (AvgIpc) is 2.48. The van der Waals surface area contributed by atoms with Crippen molar-refractivity contribution in [3.8, 4) is 11.6 Å². The number of hydrogen-bond donors (Lipinski definition) is 1. The van der Waals surface area contributed by atoms with Crippen LogP contribution in [0, 0.1) is 0 Å². The molecule has 0 aliphatic carbocycles. The summed E-state index contributed by atoms with van der Waals surface area (Å²) in [7, 11) is 1.59. The van der Waals surface area contributed by atoms with Gasteiger partial charge in [0.2, 0.25) is 5.88 Å². The Labute approximate surface area is 129 Å². The van der Waals surface area contributed by atoms with Crippen LogP contribution in [0.1, 0.15) is 18.1 Å². The number of aromatic nitrogens is 1. The second-order valence-electron chi connectivity index (χ2n) is 4.86. The molecular weight excluding hydrogens is 288 g/mol. The normalized spacial score (nSPS) is 12.0. The Bertz CT molecular complexity index is 603. The van der Waals surface area contributed by atoms with Crippen molar-refractivity contribution in [2.24, 2.45) is 5.73 Å². The summed E-state index contributed by atoms with van der Waals surface area (Å²) in [6.45, 7) is 2.31. The molecule has 0 aliphatic heterocycles. The summed E-state index contributed by atoms with van der Waals surface area (Å²) >= 11 is 6.24. The predicted molar refractivity (Wildman–Crippen MR) is 83.9 cm³/mol. The number of rotatable bonds is 6. The van der Waals surface area contributed by atoms with Crippen LogP contribution in [0.2, 0.25) is 5.02 Å². The fourth-order valence-electron chi connectivity index (χ4n) is 2.07. The van der Waals surface area contributed by atoms with Crippen molar-refractivity contribution in [2.45, 2.75) is 26.0 Å². The van der Waals surface area contributed by atoms with E-state index in [9.17, 15) is 0 Å². The summed E-state index contributed by atoms with van der Waals surface area (Å²) in [5.74, 6) is 1.30. The molecule has 1 aromatic carbocycles. The first-order chi connectivity index (χ1) is 10.1. The van der Waals surface area contributed by atoms with E-state index in [4.69, 9.17) is 26.8 Å². The topological polar surface area (TPSA) is 57.4 Å². The van der Waals surface area contributed by atoms with Gasteiger partial charge in [0.1, 0.15) is 12.4 Å². The third-order valence-electron chi connectivity index (χ3n) is 3.03. The van der Waals surface area contributed by atoms with Crippen LogP contribution in [-0.4, -0.2) is 18.1 Å². The Morgan fingerprint density at radius 2 is 2.10 bits per heavy atom. The SMILES string of the molecule is COc1ncccc1COc1cccc(Cl)c1CC(C)N. The molecule has 0 amide bonds. The molecule has 0 radical (unpaired) electrons. The first-order valence-corrected chi connectivity index (χ1v) is 7.13. The maximum Gasteiger partial charge on any atom is 0.219 e.